The standard InChI is InChI=1S/C18H14N2O.C7H9N5O/c1-3-14-11-8-12-16-19-15(4-2)17(18(21)20(14)16)13-9-6-5-7-10-13;8-5-4(6(9)13)7-10-2-1-3-12(7)11-5/h1,5-12H,4H2,2H3;1,3,10H,2H2,(H2,8,11)(H2,9,13). The second-order valence-corrected chi connectivity index (χ2v) is 7.39. The van der Waals surface area contributed by atoms with Gasteiger partial charge in [0.25, 0.3) is 11.5 Å². The minimum absolute atomic E-state index is 0.114. The molecule has 5 N–H and O–H groups in total. The fraction of sp³-hybridized carbons (Fsp3) is 0.120. The monoisotopic (exact) mass is 453 g/mol. The van der Waals surface area contributed by atoms with E-state index in [1.165, 1.54) is 9.08 Å². The Hall–Kier alpha value is -4.84. The maximum Gasteiger partial charge on any atom is 0.267 e. The summed E-state index contributed by atoms with van der Waals surface area (Å²) in [7, 11) is 0. The average molecular weight is 454 g/mol. The molecule has 9 heteroatoms. The molecule has 1 aliphatic heterocycles. The zero-order valence-corrected chi connectivity index (χ0v) is 18.5. The van der Waals surface area contributed by atoms with Crippen LogP contribution in [0.3, 0.4) is 0 Å². The van der Waals surface area contributed by atoms with Crippen LogP contribution in [0.4, 0.5) is 11.6 Å². The van der Waals surface area contributed by atoms with Crippen molar-refractivity contribution in [2.45, 2.75) is 13.3 Å². The Morgan fingerprint density at radius 1 is 1.21 bits per heavy atom. The van der Waals surface area contributed by atoms with Crippen molar-refractivity contribution >= 4 is 29.4 Å². The third-order valence-electron chi connectivity index (χ3n) is 5.29. The Bertz CT molecular complexity index is 1510. The van der Waals surface area contributed by atoms with Gasteiger partial charge in [0.2, 0.25) is 0 Å². The first-order chi connectivity index (χ1) is 16.5. The Balaban J connectivity index is 0.000000180. The number of nitrogens with two attached hydrogens (primary N) is 2. The summed E-state index contributed by atoms with van der Waals surface area (Å²) in [4.78, 5) is 28.5. The number of nitrogen functional groups attached to an aromatic ring is 1. The highest BCUT2D eigenvalue weighted by Crippen LogP contribution is 2.23. The van der Waals surface area contributed by atoms with Crippen molar-refractivity contribution in [2.24, 2.45) is 5.73 Å². The van der Waals surface area contributed by atoms with Crippen molar-refractivity contribution in [3.8, 4) is 23.5 Å². The Morgan fingerprint density at radius 2 is 1.97 bits per heavy atom. The van der Waals surface area contributed by atoms with Crippen molar-refractivity contribution in [2.75, 3.05) is 17.6 Å². The summed E-state index contributed by atoms with van der Waals surface area (Å²) in [6.07, 6.45) is 9.79. The van der Waals surface area contributed by atoms with Gasteiger partial charge >= 0.3 is 0 Å². The number of aryl methyl sites for hydroxylation is 1. The zero-order valence-electron chi connectivity index (χ0n) is 18.5. The van der Waals surface area contributed by atoms with Crippen molar-refractivity contribution < 1.29 is 4.79 Å². The Kier molecular flexibility index (Phi) is 6.14. The maximum atomic E-state index is 12.9. The SMILES string of the molecule is C#Cc1cccc2nc(CC)c(-c3ccccc3)c(=O)n12.NC(=O)c1c(N)nn2c1NCC=C2. The van der Waals surface area contributed by atoms with Crippen molar-refractivity contribution in [1.82, 2.24) is 19.2 Å². The molecule has 0 unspecified atom stereocenters. The molecule has 1 aliphatic rings. The minimum Gasteiger partial charge on any atom is -0.381 e. The van der Waals surface area contributed by atoms with Gasteiger partial charge in [-0.05, 0) is 30.2 Å². The van der Waals surface area contributed by atoms with Crippen LogP contribution in [-0.4, -0.2) is 31.6 Å². The first-order valence-electron chi connectivity index (χ1n) is 10.6. The van der Waals surface area contributed by atoms with Gasteiger partial charge in [-0.2, -0.15) is 0 Å². The van der Waals surface area contributed by atoms with E-state index in [1.807, 2.05) is 49.4 Å². The van der Waals surface area contributed by atoms with E-state index in [0.717, 1.165) is 11.3 Å². The number of carbonyl (C=O) groups excluding carboxylic acids is 1. The lowest BCUT2D eigenvalue weighted by Crippen LogP contribution is -2.21. The number of rotatable bonds is 3. The molecule has 4 heterocycles. The number of pyridine rings is 1. The maximum absolute atomic E-state index is 12.9. The van der Waals surface area contributed by atoms with E-state index in [4.69, 9.17) is 17.9 Å². The predicted molar refractivity (Wildman–Crippen MR) is 133 cm³/mol. The van der Waals surface area contributed by atoms with Gasteiger partial charge in [0.05, 0.1) is 11.3 Å². The molecule has 0 bridgehead atoms. The molecule has 1 amide bonds. The predicted octanol–water partition coefficient (Wildman–Crippen LogP) is 2.37. The largest absolute Gasteiger partial charge is 0.381 e. The normalized spacial score (nSPS) is 11.6. The number of terminal acetylenes is 1. The Morgan fingerprint density at radius 3 is 2.65 bits per heavy atom. The number of fused-ring (bicyclic) bond motifs is 2. The molecule has 9 nitrogen and oxygen atoms in total. The summed E-state index contributed by atoms with van der Waals surface area (Å²) in [5.41, 5.74) is 14.2. The Labute approximate surface area is 195 Å². The van der Waals surface area contributed by atoms with E-state index in [9.17, 15) is 9.59 Å². The van der Waals surface area contributed by atoms with Gasteiger partial charge < -0.3 is 16.8 Å². The number of nitrogens with one attached hydrogen (secondary N) is 1. The molecule has 0 aliphatic carbocycles. The summed E-state index contributed by atoms with van der Waals surface area (Å²) in [6, 6.07) is 15.0. The van der Waals surface area contributed by atoms with Crippen LogP contribution in [-0.2, 0) is 6.42 Å². The number of primary amides is 1. The third kappa shape index (κ3) is 4.00. The highest BCUT2D eigenvalue weighted by Gasteiger charge is 2.20. The van der Waals surface area contributed by atoms with Crippen LogP contribution >= 0.6 is 0 Å². The number of benzene rings is 1. The van der Waals surface area contributed by atoms with E-state index < -0.39 is 5.91 Å². The van der Waals surface area contributed by atoms with Crippen LogP contribution in [0.25, 0.3) is 23.0 Å². The van der Waals surface area contributed by atoms with E-state index in [2.05, 4.69) is 21.3 Å². The second kappa shape index (κ2) is 9.34. The molecular formula is C25H23N7O2. The van der Waals surface area contributed by atoms with E-state index in [0.29, 0.717) is 35.7 Å². The lowest BCUT2D eigenvalue weighted by Gasteiger charge is -2.11. The molecule has 0 fully saturated rings. The fourth-order valence-corrected chi connectivity index (χ4v) is 3.77. The van der Waals surface area contributed by atoms with Crippen LogP contribution < -0.4 is 22.3 Å². The molecule has 3 aromatic heterocycles. The minimum atomic E-state index is -0.568. The van der Waals surface area contributed by atoms with Gasteiger partial charge in [-0.1, -0.05) is 49.2 Å². The molecule has 5 rings (SSSR count). The number of nitrogens with zero attached hydrogens (tertiary/aromatic N) is 4. The molecule has 170 valence electrons. The number of anilines is 2. The van der Waals surface area contributed by atoms with Crippen LogP contribution in [0.5, 0.6) is 0 Å². The highest BCUT2D eigenvalue weighted by molar-refractivity contribution is 6.02. The van der Waals surface area contributed by atoms with E-state index in [-0.39, 0.29) is 16.9 Å². The summed E-state index contributed by atoms with van der Waals surface area (Å²) in [6.45, 7) is 2.64. The quantitative estimate of drug-likeness (QED) is 0.408. The first kappa shape index (κ1) is 22.4. The van der Waals surface area contributed by atoms with Crippen molar-refractivity contribution in [3.05, 3.63) is 81.9 Å². The second-order valence-electron chi connectivity index (χ2n) is 7.39. The van der Waals surface area contributed by atoms with Gasteiger partial charge in [0, 0.05) is 12.7 Å². The number of aromatic nitrogens is 4. The molecule has 34 heavy (non-hydrogen) atoms. The first-order valence-corrected chi connectivity index (χ1v) is 10.6. The molecule has 0 radical (unpaired) electrons. The number of hydrogen-bond acceptors (Lipinski definition) is 6. The van der Waals surface area contributed by atoms with Crippen LogP contribution in [0.1, 0.15) is 28.7 Å². The molecule has 0 spiro atoms. The van der Waals surface area contributed by atoms with Crippen molar-refractivity contribution in [3.63, 3.8) is 0 Å². The lowest BCUT2D eigenvalue weighted by molar-refractivity contribution is 0.100. The van der Waals surface area contributed by atoms with Gasteiger partial charge in [0.15, 0.2) is 5.82 Å². The summed E-state index contributed by atoms with van der Waals surface area (Å²) in [5.74, 6) is 2.70. The van der Waals surface area contributed by atoms with Crippen LogP contribution in [0.2, 0.25) is 0 Å². The van der Waals surface area contributed by atoms with Crippen LogP contribution in [0.15, 0.2) is 59.4 Å². The van der Waals surface area contributed by atoms with Gasteiger partial charge in [0.1, 0.15) is 22.7 Å². The molecule has 0 saturated carbocycles. The van der Waals surface area contributed by atoms with Crippen LogP contribution in [0, 0.1) is 12.3 Å². The third-order valence-corrected chi connectivity index (χ3v) is 5.29. The molecule has 4 aromatic rings. The topological polar surface area (TPSA) is 133 Å². The molecule has 0 saturated heterocycles. The van der Waals surface area contributed by atoms with Crippen molar-refractivity contribution in [1.29, 1.82) is 0 Å². The number of amides is 1. The smallest absolute Gasteiger partial charge is 0.267 e. The summed E-state index contributed by atoms with van der Waals surface area (Å²) in [5, 5.41) is 6.88. The number of hydrogen-bond donors (Lipinski definition) is 3. The molecule has 1 aromatic carbocycles. The van der Waals surface area contributed by atoms with E-state index in [1.54, 1.807) is 18.3 Å². The average Bonchev–Trinajstić information content (AvgIpc) is 3.20. The van der Waals surface area contributed by atoms with E-state index >= 15 is 0 Å². The summed E-state index contributed by atoms with van der Waals surface area (Å²) < 4.78 is 3.00. The summed E-state index contributed by atoms with van der Waals surface area (Å²) >= 11 is 0. The lowest BCUT2D eigenvalue weighted by atomic mass is 10.0. The number of carbonyl (C=O) groups is 1. The van der Waals surface area contributed by atoms with Gasteiger partial charge in [-0.15, -0.1) is 11.5 Å². The molecule has 0 atom stereocenters. The highest BCUT2D eigenvalue weighted by atomic mass is 16.1. The zero-order chi connectivity index (χ0) is 24.2. The molecular weight excluding hydrogens is 430 g/mol. The fourth-order valence-electron chi connectivity index (χ4n) is 3.77. The van der Waals surface area contributed by atoms with Gasteiger partial charge in [-0.3, -0.25) is 14.0 Å². The van der Waals surface area contributed by atoms with Gasteiger partial charge in [-0.25, -0.2) is 9.67 Å².